The van der Waals surface area contributed by atoms with E-state index in [-0.39, 0.29) is 11.4 Å². The Labute approximate surface area is 118 Å². The van der Waals surface area contributed by atoms with Crippen LogP contribution in [0.1, 0.15) is 18.2 Å². The highest BCUT2D eigenvalue weighted by Gasteiger charge is 2.15. The summed E-state index contributed by atoms with van der Waals surface area (Å²) in [5.74, 6) is 0. The van der Waals surface area contributed by atoms with Gasteiger partial charge in [0.15, 0.2) is 0 Å². The molecule has 0 aliphatic rings. The number of nitrogen functional groups attached to an aromatic ring is 1. The van der Waals surface area contributed by atoms with Crippen LogP contribution in [0.5, 0.6) is 0 Å². The molecule has 1 heterocycles. The van der Waals surface area contributed by atoms with Crippen LogP contribution >= 0.6 is 0 Å². The zero-order chi connectivity index (χ0) is 14.8. The van der Waals surface area contributed by atoms with E-state index < -0.39 is 10.0 Å². The number of rotatable bonds is 5. The van der Waals surface area contributed by atoms with Crippen LogP contribution in [-0.4, -0.2) is 18.2 Å². The van der Waals surface area contributed by atoms with Gasteiger partial charge in [0.05, 0.1) is 10.6 Å². The van der Waals surface area contributed by atoms with Crippen LogP contribution in [-0.2, 0) is 30.0 Å². The zero-order valence-corrected chi connectivity index (χ0v) is 12.3. The van der Waals surface area contributed by atoms with Gasteiger partial charge in [0.2, 0.25) is 10.0 Å². The fourth-order valence-corrected chi connectivity index (χ4v) is 2.94. The molecule has 1 aromatic heterocycles. The van der Waals surface area contributed by atoms with Gasteiger partial charge in [-0.25, -0.2) is 13.1 Å². The molecule has 2 rings (SSSR count). The molecule has 1 aromatic carbocycles. The number of aromatic nitrogens is 2. The second-order valence-electron chi connectivity index (χ2n) is 4.52. The predicted molar refractivity (Wildman–Crippen MR) is 77.5 cm³/mol. The fourth-order valence-electron chi connectivity index (χ4n) is 1.93. The highest BCUT2D eigenvalue weighted by Crippen LogP contribution is 2.13. The standard InChI is InChI=1S/C13H18N4O2S/c1-3-13-10(9-17(2)16-13)8-15-20(18,19)12-6-4-11(14)5-7-12/h4-7,9,15H,3,8,14H2,1-2H3. The number of nitrogens with one attached hydrogen (secondary N) is 1. The molecule has 2 aromatic rings. The van der Waals surface area contributed by atoms with Gasteiger partial charge in [-0.1, -0.05) is 6.92 Å². The van der Waals surface area contributed by atoms with Crippen molar-refractivity contribution in [3.05, 3.63) is 41.7 Å². The first kappa shape index (κ1) is 14.5. The van der Waals surface area contributed by atoms with Gasteiger partial charge >= 0.3 is 0 Å². The monoisotopic (exact) mass is 294 g/mol. The van der Waals surface area contributed by atoms with E-state index in [9.17, 15) is 8.42 Å². The second-order valence-corrected chi connectivity index (χ2v) is 6.29. The lowest BCUT2D eigenvalue weighted by Gasteiger charge is -2.06. The number of hydrogen-bond donors (Lipinski definition) is 2. The van der Waals surface area contributed by atoms with Crippen molar-refractivity contribution >= 4 is 15.7 Å². The van der Waals surface area contributed by atoms with Crippen LogP contribution in [0.25, 0.3) is 0 Å². The maximum atomic E-state index is 12.1. The van der Waals surface area contributed by atoms with E-state index >= 15 is 0 Å². The number of anilines is 1. The number of nitrogens with two attached hydrogens (primary N) is 1. The lowest BCUT2D eigenvalue weighted by atomic mass is 10.2. The molecule has 0 amide bonds. The van der Waals surface area contributed by atoms with Gasteiger partial charge in [-0.3, -0.25) is 4.68 Å². The third-order valence-electron chi connectivity index (χ3n) is 2.97. The average molecular weight is 294 g/mol. The Bertz CT molecular complexity index is 690. The number of hydrogen-bond acceptors (Lipinski definition) is 4. The Hall–Kier alpha value is -1.86. The number of aryl methyl sites for hydroxylation is 2. The van der Waals surface area contributed by atoms with Crippen LogP contribution in [0.3, 0.4) is 0 Å². The largest absolute Gasteiger partial charge is 0.399 e. The molecule has 0 atom stereocenters. The molecule has 6 nitrogen and oxygen atoms in total. The maximum Gasteiger partial charge on any atom is 0.240 e. The summed E-state index contributed by atoms with van der Waals surface area (Å²) in [6, 6.07) is 6.11. The molecular formula is C13H18N4O2S. The summed E-state index contributed by atoms with van der Waals surface area (Å²) in [6.07, 6.45) is 2.59. The van der Waals surface area contributed by atoms with E-state index in [0.29, 0.717) is 5.69 Å². The molecule has 0 aliphatic carbocycles. The van der Waals surface area contributed by atoms with Crippen molar-refractivity contribution in [2.24, 2.45) is 7.05 Å². The molecule has 108 valence electrons. The SMILES string of the molecule is CCc1nn(C)cc1CNS(=O)(=O)c1ccc(N)cc1. The van der Waals surface area contributed by atoms with Gasteiger partial charge in [0.25, 0.3) is 0 Å². The van der Waals surface area contributed by atoms with Crippen LogP contribution in [0.4, 0.5) is 5.69 Å². The molecular weight excluding hydrogens is 276 g/mol. The van der Waals surface area contributed by atoms with Crippen molar-refractivity contribution in [1.29, 1.82) is 0 Å². The molecule has 0 saturated heterocycles. The third-order valence-corrected chi connectivity index (χ3v) is 4.39. The van der Waals surface area contributed by atoms with E-state index in [1.165, 1.54) is 12.1 Å². The molecule has 0 bridgehead atoms. The summed E-state index contributed by atoms with van der Waals surface area (Å²) in [5.41, 5.74) is 7.86. The molecule has 0 radical (unpaired) electrons. The van der Waals surface area contributed by atoms with Crippen molar-refractivity contribution in [1.82, 2.24) is 14.5 Å². The topological polar surface area (TPSA) is 90.0 Å². The first-order valence-corrected chi connectivity index (χ1v) is 7.77. The van der Waals surface area contributed by atoms with Gasteiger partial charge in [-0.15, -0.1) is 0 Å². The first-order chi connectivity index (χ1) is 9.42. The number of sulfonamides is 1. The third kappa shape index (κ3) is 3.17. The normalized spacial score (nSPS) is 11.7. The summed E-state index contributed by atoms with van der Waals surface area (Å²) in [4.78, 5) is 0.202. The molecule has 0 unspecified atom stereocenters. The van der Waals surface area contributed by atoms with Crippen molar-refractivity contribution in [2.45, 2.75) is 24.8 Å². The Balaban J connectivity index is 2.15. The Morgan fingerprint density at radius 1 is 1.30 bits per heavy atom. The molecule has 0 spiro atoms. The highest BCUT2D eigenvalue weighted by atomic mass is 32.2. The summed E-state index contributed by atoms with van der Waals surface area (Å²) in [7, 11) is -1.72. The van der Waals surface area contributed by atoms with Crippen molar-refractivity contribution in [2.75, 3.05) is 5.73 Å². The van der Waals surface area contributed by atoms with E-state index in [4.69, 9.17) is 5.73 Å². The van der Waals surface area contributed by atoms with Gasteiger partial charge in [0.1, 0.15) is 0 Å². The maximum absolute atomic E-state index is 12.1. The minimum Gasteiger partial charge on any atom is -0.399 e. The summed E-state index contributed by atoms with van der Waals surface area (Å²) < 4.78 is 28.6. The number of nitrogens with zero attached hydrogens (tertiary/aromatic N) is 2. The average Bonchev–Trinajstić information content (AvgIpc) is 2.77. The highest BCUT2D eigenvalue weighted by molar-refractivity contribution is 7.89. The molecule has 0 saturated carbocycles. The Kier molecular flexibility index (Phi) is 4.10. The van der Waals surface area contributed by atoms with Crippen LogP contribution < -0.4 is 10.5 Å². The van der Waals surface area contributed by atoms with Gasteiger partial charge in [-0.05, 0) is 30.7 Å². The van der Waals surface area contributed by atoms with Gasteiger partial charge in [-0.2, -0.15) is 5.10 Å². The van der Waals surface area contributed by atoms with E-state index in [1.54, 1.807) is 16.8 Å². The van der Waals surface area contributed by atoms with Crippen LogP contribution in [0.2, 0.25) is 0 Å². The van der Waals surface area contributed by atoms with Crippen molar-refractivity contribution in [3.63, 3.8) is 0 Å². The van der Waals surface area contributed by atoms with E-state index in [1.807, 2.05) is 20.2 Å². The van der Waals surface area contributed by atoms with E-state index in [2.05, 4.69) is 9.82 Å². The quantitative estimate of drug-likeness (QED) is 0.806. The first-order valence-electron chi connectivity index (χ1n) is 6.29. The molecule has 3 N–H and O–H groups in total. The predicted octanol–water partition coefficient (Wildman–Crippen LogP) is 1.04. The summed E-state index contributed by atoms with van der Waals surface area (Å²) in [5, 5.41) is 4.28. The molecule has 0 fully saturated rings. The van der Waals surface area contributed by atoms with E-state index in [0.717, 1.165) is 17.7 Å². The summed E-state index contributed by atoms with van der Waals surface area (Å²) in [6.45, 7) is 2.21. The zero-order valence-electron chi connectivity index (χ0n) is 11.5. The number of benzene rings is 1. The van der Waals surface area contributed by atoms with Crippen molar-refractivity contribution in [3.8, 4) is 0 Å². The summed E-state index contributed by atoms with van der Waals surface area (Å²) >= 11 is 0. The van der Waals surface area contributed by atoms with Gasteiger partial charge < -0.3 is 5.73 Å². The van der Waals surface area contributed by atoms with Gasteiger partial charge in [0, 0.05) is 31.0 Å². The molecule has 0 aliphatic heterocycles. The van der Waals surface area contributed by atoms with Crippen LogP contribution in [0, 0.1) is 0 Å². The minimum atomic E-state index is -3.53. The smallest absolute Gasteiger partial charge is 0.240 e. The molecule has 7 heteroatoms. The lowest BCUT2D eigenvalue weighted by molar-refractivity contribution is 0.581. The lowest BCUT2D eigenvalue weighted by Crippen LogP contribution is -2.23. The Morgan fingerprint density at radius 2 is 1.95 bits per heavy atom. The second kappa shape index (κ2) is 5.64. The van der Waals surface area contributed by atoms with Crippen molar-refractivity contribution < 1.29 is 8.42 Å². The minimum absolute atomic E-state index is 0.202. The molecule has 20 heavy (non-hydrogen) atoms. The Morgan fingerprint density at radius 3 is 2.55 bits per heavy atom. The fraction of sp³-hybridized carbons (Fsp3) is 0.308. The van der Waals surface area contributed by atoms with Crippen LogP contribution in [0.15, 0.2) is 35.4 Å².